The number of rotatable bonds is 1. The van der Waals surface area contributed by atoms with Crippen molar-refractivity contribution in [1.29, 1.82) is 0 Å². The Morgan fingerprint density at radius 1 is 1.23 bits per heavy atom. The van der Waals surface area contributed by atoms with Crippen LogP contribution in [0, 0.1) is 23.2 Å². The Balaban J connectivity index is 2.12. The molecule has 0 radical (unpaired) electrons. The summed E-state index contributed by atoms with van der Waals surface area (Å²) >= 11 is 2.10. The highest BCUT2D eigenvalue weighted by Crippen LogP contribution is 2.50. The number of hydrogen-bond donors (Lipinski definition) is 1. The molecule has 0 amide bonds. The summed E-state index contributed by atoms with van der Waals surface area (Å²) in [4.78, 5) is 0. The van der Waals surface area contributed by atoms with E-state index in [1.54, 1.807) is 0 Å². The second-order valence-corrected chi connectivity index (χ2v) is 6.55. The molecular formula is C11H20OS. The van der Waals surface area contributed by atoms with Gasteiger partial charge >= 0.3 is 0 Å². The van der Waals surface area contributed by atoms with E-state index in [1.165, 1.54) is 24.3 Å². The van der Waals surface area contributed by atoms with Gasteiger partial charge in [0.25, 0.3) is 0 Å². The first kappa shape index (κ1) is 9.85. The summed E-state index contributed by atoms with van der Waals surface area (Å²) in [5, 5.41) is 9.36. The SMILES string of the molecule is CC1(C)CC2CSCC(C1)C2CO. The van der Waals surface area contributed by atoms with Crippen LogP contribution in [0.5, 0.6) is 0 Å². The molecule has 2 fully saturated rings. The van der Waals surface area contributed by atoms with Crippen molar-refractivity contribution in [1.82, 2.24) is 0 Å². The minimum Gasteiger partial charge on any atom is -0.396 e. The summed E-state index contributed by atoms with van der Waals surface area (Å²) in [5.74, 6) is 4.76. The molecule has 1 heterocycles. The molecule has 2 atom stereocenters. The van der Waals surface area contributed by atoms with Crippen molar-refractivity contribution in [2.45, 2.75) is 26.7 Å². The molecule has 76 valence electrons. The Hall–Kier alpha value is 0.310. The summed E-state index contributed by atoms with van der Waals surface area (Å²) in [7, 11) is 0. The van der Waals surface area contributed by atoms with E-state index in [0.29, 0.717) is 17.9 Å². The van der Waals surface area contributed by atoms with Gasteiger partial charge in [-0.25, -0.2) is 0 Å². The van der Waals surface area contributed by atoms with Gasteiger partial charge < -0.3 is 5.11 Å². The minimum atomic E-state index is 0.423. The molecule has 2 aliphatic rings. The van der Waals surface area contributed by atoms with Crippen LogP contribution in [-0.4, -0.2) is 23.2 Å². The molecule has 1 nitrogen and oxygen atoms in total. The minimum absolute atomic E-state index is 0.423. The summed E-state index contributed by atoms with van der Waals surface area (Å²) in [6.07, 6.45) is 2.64. The lowest BCUT2D eigenvalue weighted by Crippen LogP contribution is -2.43. The number of aliphatic hydroxyl groups excluding tert-OH is 1. The normalized spacial score (nSPS) is 43.2. The molecule has 1 saturated carbocycles. The van der Waals surface area contributed by atoms with E-state index < -0.39 is 0 Å². The highest BCUT2D eigenvalue weighted by Gasteiger charge is 2.43. The molecule has 2 rings (SSSR count). The average molecular weight is 200 g/mol. The third-order valence-corrected chi connectivity index (χ3v) is 5.04. The smallest absolute Gasteiger partial charge is 0.0465 e. The van der Waals surface area contributed by atoms with Crippen LogP contribution in [0.4, 0.5) is 0 Å². The third kappa shape index (κ3) is 1.89. The quantitative estimate of drug-likeness (QED) is 0.701. The lowest BCUT2D eigenvalue weighted by atomic mass is 9.63. The fourth-order valence-corrected chi connectivity index (χ4v) is 4.70. The summed E-state index contributed by atoms with van der Waals surface area (Å²) < 4.78 is 0. The summed E-state index contributed by atoms with van der Waals surface area (Å²) in [6, 6.07) is 0. The molecule has 2 bridgehead atoms. The van der Waals surface area contributed by atoms with Gasteiger partial charge in [-0.05, 0) is 47.5 Å². The molecule has 1 saturated heterocycles. The molecule has 1 N–H and O–H groups in total. The van der Waals surface area contributed by atoms with Gasteiger partial charge in [-0.2, -0.15) is 11.8 Å². The molecule has 1 aliphatic carbocycles. The zero-order chi connectivity index (χ0) is 9.47. The van der Waals surface area contributed by atoms with Crippen molar-refractivity contribution in [2.75, 3.05) is 18.1 Å². The first-order chi connectivity index (χ1) is 6.12. The van der Waals surface area contributed by atoms with Gasteiger partial charge in [0.05, 0.1) is 0 Å². The van der Waals surface area contributed by atoms with Crippen molar-refractivity contribution in [3.05, 3.63) is 0 Å². The van der Waals surface area contributed by atoms with E-state index in [1.807, 2.05) is 0 Å². The van der Waals surface area contributed by atoms with Crippen molar-refractivity contribution in [2.24, 2.45) is 23.2 Å². The molecule has 2 heteroatoms. The van der Waals surface area contributed by atoms with Gasteiger partial charge in [0.15, 0.2) is 0 Å². The Bertz CT molecular complexity index is 175. The van der Waals surface area contributed by atoms with E-state index >= 15 is 0 Å². The Kier molecular flexibility index (Phi) is 2.63. The van der Waals surface area contributed by atoms with Gasteiger partial charge in [0.1, 0.15) is 0 Å². The Morgan fingerprint density at radius 2 is 1.77 bits per heavy atom. The first-order valence-electron chi connectivity index (χ1n) is 5.31. The molecule has 0 aromatic rings. The molecule has 2 unspecified atom stereocenters. The lowest BCUT2D eigenvalue weighted by molar-refractivity contribution is 0.0346. The number of thioether (sulfide) groups is 1. The van der Waals surface area contributed by atoms with E-state index in [9.17, 15) is 5.11 Å². The molecule has 0 aromatic heterocycles. The fourth-order valence-electron chi connectivity index (χ4n) is 3.22. The maximum atomic E-state index is 9.36. The fraction of sp³-hybridized carbons (Fsp3) is 1.00. The van der Waals surface area contributed by atoms with Gasteiger partial charge in [-0.3, -0.25) is 0 Å². The lowest BCUT2D eigenvalue weighted by Gasteiger charge is -2.48. The second kappa shape index (κ2) is 3.47. The second-order valence-electron chi connectivity index (χ2n) is 5.48. The van der Waals surface area contributed by atoms with Crippen LogP contribution in [0.1, 0.15) is 26.7 Å². The van der Waals surface area contributed by atoms with Crippen LogP contribution in [0.15, 0.2) is 0 Å². The maximum absolute atomic E-state index is 9.36. The van der Waals surface area contributed by atoms with Crippen molar-refractivity contribution < 1.29 is 5.11 Å². The highest BCUT2D eigenvalue weighted by atomic mass is 32.2. The van der Waals surface area contributed by atoms with E-state index in [4.69, 9.17) is 0 Å². The predicted molar refractivity (Wildman–Crippen MR) is 57.9 cm³/mol. The van der Waals surface area contributed by atoms with Crippen LogP contribution in [0.2, 0.25) is 0 Å². The summed E-state index contributed by atoms with van der Waals surface area (Å²) in [6.45, 7) is 5.19. The van der Waals surface area contributed by atoms with Crippen LogP contribution < -0.4 is 0 Å². The standard InChI is InChI=1S/C11H20OS/c1-11(2)3-8-6-13-7-9(4-11)10(8)5-12/h8-10,12H,3-7H2,1-2H3. The molecular weight excluding hydrogens is 180 g/mol. The van der Waals surface area contributed by atoms with Crippen molar-refractivity contribution in [3.63, 3.8) is 0 Å². The van der Waals surface area contributed by atoms with Gasteiger partial charge in [0.2, 0.25) is 0 Å². The Labute approximate surface area is 85.3 Å². The monoisotopic (exact) mass is 200 g/mol. The predicted octanol–water partition coefficient (Wildman–Crippen LogP) is 2.39. The average Bonchev–Trinajstić information content (AvgIpc) is 2.01. The van der Waals surface area contributed by atoms with Crippen molar-refractivity contribution >= 4 is 11.8 Å². The van der Waals surface area contributed by atoms with Crippen molar-refractivity contribution in [3.8, 4) is 0 Å². The van der Waals surface area contributed by atoms with Crippen LogP contribution in [0.25, 0.3) is 0 Å². The number of aliphatic hydroxyl groups is 1. The Morgan fingerprint density at radius 3 is 2.23 bits per heavy atom. The maximum Gasteiger partial charge on any atom is 0.0465 e. The van der Waals surface area contributed by atoms with E-state index in [2.05, 4.69) is 25.6 Å². The largest absolute Gasteiger partial charge is 0.396 e. The van der Waals surface area contributed by atoms with Crippen LogP contribution in [-0.2, 0) is 0 Å². The zero-order valence-corrected chi connectivity index (χ0v) is 9.44. The van der Waals surface area contributed by atoms with E-state index in [-0.39, 0.29) is 0 Å². The van der Waals surface area contributed by atoms with Gasteiger partial charge in [-0.15, -0.1) is 0 Å². The van der Waals surface area contributed by atoms with E-state index in [0.717, 1.165) is 11.8 Å². The summed E-state index contributed by atoms with van der Waals surface area (Å²) in [5.41, 5.74) is 0.530. The first-order valence-corrected chi connectivity index (χ1v) is 6.46. The zero-order valence-electron chi connectivity index (χ0n) is 8.62. The number of hydrogen-bond acceptors (Lipinski definition) is 2. The molecule has 1 aliphatic heterocycles. The van der Waals surface area contributed by atoms with Gasteiger partial charge in [-0.1, -0.05) is 13.8 Å². The van der Waals surface area contributed by atoms with Gasteiger partial charge in [0, 0.05) is 6.61 Å². The highest BCUT2D eigenvalue weighted by molar-refractivity contribution is 7.99. The third-order valence-electron chi connectivity index (χ3n) is 3.72. The molecule has 13 heavy (non-hydrogen) atoms. The molecule has 0 aromatic carbocycles. The number of fused-ring (bicyclic) bond motifs is 2. The topological polar surface area (TPSA) is 20.2 Å². The van der Waals surface area contributed by atoms with Crippen LogP contribution in [0.3, 0.4) is 0 Å². The van der Waals surface area contributed by atoms with Crippen LogP contribution >= 0.6 is 11.8 Å². The molecule has 0 spiro atoms.